The largest absolute Gasteiger partial charge is 0.353 e. The minimum absolute atomic E-state index is 0.00680. The predicted octanol–water partition coefficient (Wildman–Crippen LogP) is 2.86. The molecular weight excluding hydrogens is 362 g/mol. The normalized spacial score (nSPS) is 14.1. The zero-order chi connectivity index (χ0) is 18.9. The lowest BCUT2D eigenvalue weighted by Gasteiger charge is -2.10. The van der Waals surface area contributed by atoms with Crippen LogP contribution in [0.5, 0.6) is 0 Å². The number of nitrogens with zero attached hydrogens (tertiary/aromatic N) is 1. The van der Waals surface area contributed by atoms with E-state index in [2.05, 4.69) is 15.0 Å². The van der Waals surface area contributed by atoms with Crippen molar-refractivity contribution in [2.75, 3.05) is 4.72 Å². The highest BCUT2D eigenvalue weighted by Crippen LogP contribution is 2.23. The molecule has 0 unspecified atom stereocenters. The van der Waals surface area contributed by atoms with Crippen LogP contribution in [0.1, 0.15) is 18.4 Å². The molecule has 0 bridgehead atoms. The van der Waals surface area contributed by atoms with Crippen LogP contribution in [-0.2, 0) is 21.2 Å². The van der Waals surface area contributed by atoms with Crippen LogP contribution in [0.15, 0.2) is 65.7 Å². The summed E-state index contributed by atoms with van der Waals surface area (Å²) >= 11 is 0. The van der Waals surface area contributed by atoms with Gasteiger partial charge in [0.15, 0.2) is 0 Å². The molecule has 1 aliphatic carbocycles. The third-order valence-corrected chi connectivity index (χ3v) is 5.81. The Morgan fingerprint density at radius 2 is 1.78 bits per heavy atom. The van der Waals surface area contributed by atoms with Crippen LogP contribution in [0.2, 0.25) is 0 Å². The molecular formula is C20H19N3O3S. The standard InChI is InChI=1S/C20H19N3O3S/c24-19(22-16-10-11-16)13-14-6-8-17(9-7-14)23-27(25,26)18-5-1-3-15-4-2-12-21-20(15)18/h1-9,12,16,23H,10-11,13H2,(H,22,24). The maximum atomic E-state index is 12.8. The number of pyridine rings is 1. The molecule has 0 spiro atoms. The molecule has 0 atom stereocenters. The Kier molecular flexibility index (Phi) is 4.53. The molecule has 4 rings (SSSR count). The lowest BCUT2D eigenvalue weighted by Crippen LogP contribution is -2.26. The first-order valence-corrected chi connectivity index (χ1v) is 10.2. The van der Waals surface area contributed by atoms with Crippen LogP contribution >= 0.6 is 0 Å². The number of hydrogen-bond acceptors (Lipinski definition) is 4. The van der Waals surface area contributed by atoms with Gasteiger partial charge in [0, 0.05) is 23.3 Å². The van der Waals surface area contributed by atoms with Gasteiger partial charge in [-0.25, -0.2) is 8.42 Å². The number of carbonyl (C=O) groups excluding carboxylic acids is 1. The van der Waals surface area contributed by atoms with E-state index in [9.17, 15) is 13.2 Å². The number of nitrogens with one attached hydrogen (secondary N) is 2. The van der Waals surface area contributed by atoms with Crippen molar-refractivity contribution in [2.24, 2.45) is 0 Å². The number of hydrogen-bond donors (Lipinski definition) is 2. The summed E-state index contributed by atoms with van der Waals surface area (Å²) in [6.45, 7) is 0. The van der Waals surface area contributed by atoms with Crippen molar-refractivity contribution in [2.45, 2.75) is 30.2 Å². The Balaban J connectivity index is 1.51. The number of amides is 1. The van der Waals surface area contributed by atoms with Gasteiger partial charge in [-0.15, -0.1) is 0 Å². The summed E-state index contributed by atoms with van der Waals surface area (Å²) in [4.78, 5) is 16.2. The van der Waals surface area contributed by atoms with E-state index in [0.29, 0.717) is 17.2 Å². The van der Waals surface area contributed by atoms with Crippen molar-refractivity contribution in [1.29, 1.82) is 0 Å². The molecule has 138 valence electrons. The quantitative estimate of drug-likeness (QED) is 0.687. The van der Waals surface area contributed by atoms with Crippen molar-refractivity contribution < 1.29 is 13.2 Å². The fraction of sp³-hybridized carbons (Fsp3) is 0.200. The van der Waals surface area contributed by atoms with Crippen LogP contribution in [0, 0.1) is 0 Å². The van der Waals surface area contributed by atoms with E-state index in [-0.39, 0.29) is 17.2 Å². The Hall–Kier alpha value is -2.93. The van der Waals surface area contributed by atoms with E-state index in [1.165, 1.54) is 6.07 Å². The molecule has 2 aromatic carbocycles. The molecule has 6 nitrogen and oxygen atoms in total. The summed E-state index contributed by atoms with van der Waals surface area (Å²) < 4.78 is 28.2. The monoisotopic (exact) mass is 381 g/mol. The van der Waals surface area contributed by atoms with Gasteiger partial charge < -0.3 is 5.32 Å². The summed E-state index contributed by atoms with van der Waals surface area (Å²) in [5.74, 6) is -0.00680. The highest BCUT2D eigenvalue weighted by molar-refractivity contribution is 7.93. The van der Waals surface area contributed by atoms with Crippen LogP contribution in [-0.4, -0.2) is 25.4 Å². The lowest BCUT2D eigenvalue weighted by atomic mass is 10.1. The fourth-order valence-electron chi connectivity index (χ4n) is 2.89. The average molecular weight is 381 g/mol. The van der Waals surface area contributed by atoms with Gasteiger partial charge in [-0.1, -0.05) is 30.3 Å². The molecule has 1 amide bonds. The van der Waals surface area contributed by atoms with Gasteiger partial charge in [0.1, 0.15) is 4.90 Å². The molecule has 1 fully saturated rings. The summed E-state index contributed by atoms with van der Waals surface area (Å²) in [5.41, 5.74) is 1.71. The minimum atomic E-state index is -3.78. The van der Waals surface area contributed by atoms with E-state index in [1.54, 1.807) is 42.6 Å². The van der Waals surface area contributed by atoms with E-state index in [1.807, 2.05) is 12.1 Å². The van der Waals surface area contributed by atoms with Gasteiger partial charge in [-0.3, -0.25) is 14.5 Å². The second-order valence-corrected chi connectivity index (χ2v) is 8.30. The second kappa shape index (κ2) is 7.00. The average Bonchev–Trinajstić information content (AvgIpc) is 3.46. The summed E-state index contributed by atoms with van der Waals surface area (Å²) in [6.07, 6.45) is 3.96. The number of para-hydroxylation sites is 1. The van der Waals surface area contributed by atoms with Crippen molar-refractivity contribution in [3.05, 3.63) is 66.4 Å². The van der Waals surface area contributed by atoms with Gasteiger partial charge in [-0.2, -0.15) is 0 Å². The van der Waals surface area contributed by atoms with Crippen LogP contribution in [0.3, 0.4) is 0 Å². The van der Waals surface area contributed by atoms with Crippen molar-refractivity contribution in [3.63, 3.8) is 0 Å². The first-order valence-electron chi connectivity index (χ1n) is 8.76. The molecule has 7 heteroatoms. The number of rotatable bonds is 6. The SMILES string of the molecule is O=C(Cc1ccc(NS(=O)(=O)c2cccc3cccnc23)cc1)NC1CC1. The first-order chi connectivity index (χ1) is 13.0. The number of sulfonamides is 1. The van der Waals surface area contributed by atoms with Gasteiger partial charge in [0.2, 0.25) is 5.91 Å². The topological polar surface area (TPSA) is 88.2 Å². The van der Waals surface area contributed by atoms with Crippen LogP contribution < -0.4 is 10.0 Å². The van der Waals surface area contributed by atoms with E-state index >= 15 is 0 Å². The lowest BCUT2D eigenvalue weighted by molar-refractivity contribution is -0.120. The smallest absolute Gasteiger partial charge is 0.264 e. The Morgan fingerprint density at radius 3 is 2.52 bits per heavy atom. The maximum absolute atomic E-state index is 12.8. The zero-order valence-electron chi connectivity index (χ0n) is 14.6. The number of fused-ring (bicyclic) bond motifs is 1. The molecule has 0 radical (unpaired) electrons. The first kappa shape index (κ1) is 17.5. The highest BCUT2D eigenvalue weighted by Gasteiger charge is 2.23. The summed E-state index contributed by atoms with van der Waals surface area (Å²) in [7, 11) is -3.78. The fourth-order valence-corrected chi connectivity index (χ4v) is 4.12. The third-order valence-electron chi connectivity index (χ3n) is 4.40. The molecule has 0 aliphatic heterocycles. The highest BCUT2D eigenvalue weighted by atomic mass is 32.2. The molecule has 1 saturated carbocycles. The molecule has 3 aromatic rings. The van der Waals surface area contributed by atoms with E-state index < -0.39 is 10.0 Å². The maximum Gasteiger partial charge on any atom is 0.264 e. The van der Waals surface area contributed by atoms with Crippen molar-refractivity contribution in [1.82, 2.24) is 10.3 Å². The predicted molar refractivity (Wildman–Crippen MR) is 104 cm³/mol. The third kappa shape index (κ3) is 4.09. The Labute approximate surface area is 157 Å². The molecule has 1 aliphatic rings. The molecule has 27 heavy (non-hydrogen) atoms. The Morgan fingerprint density at radius 1 is 1.04 bits per heavy atom. The van der Waals surface area contributed by atoms with Crippen molar-refractivity contribution >= 4 is 32.5 Å². The minimum Gasteiger partial charge on any atom is -0.353 e. The van der Waals surface area contributed by atoms with Gasteiger partial charge in [-0.05, 0) is 42.7 Å². The number of benzene rings is 2. The van der Waals surface area contributed by atoms with Gasteiger partial charge >= 0.3 is 0 Å². The van der Waals surface area contributed by atoms with Crippen LogP contribution in [0.25, 0.3) is 10.9 Å². The molecule has 1 aromatic heterocycles. The van der Waals surface area contributed by atoms with E-state index in [4.69, 9.17) is 0 Å². The van der Waals surface area contributed by atoms with Crippen LogP contribution in [0.4, 0.5) is 5.69 Å². The summed E-state index contributed by atoms with van der Waals surface area (Å²) in [6, 6.07) is 15.8. The van der Waals surface area contributed by atoms with Crippen molar-refractivity contribution in [3.8, 4) is 0 Å². The summed E-state index contributed by atoms with van der Waals surface area (Å²) in [5, 5.41) is 3.70. The second-order valence-electron chi connectivity index (χ2n) is 6.65. The van der Waals surface area contributed by atoms with Gasteiger partial charge in [0.05, 0.1) is 11.9 Å². The zero-order valence-corrected chi connectivity index (χ0v) is 15.4. The van der Waals surface area contributed by atoms with E-state index in [0.717, 1.165) is 23.8 Å². The molecule has 1 heterocycles. The van der Waals surface area contributed by atoms with Gasteiger partial charge in [0.25, 0.3) is 10.0 Å². The Bertz CT molecular complexity index is 1090. The number of anilines is 1. The molecule has 0 saturated heterocycles. The number of aromatic nitrogens is 1. The molecule has 2 N–H and O–H groups in total. The number of carbonyl (C=O) groups is 1.